The van der Waals surface area contributed by atoms with Crippen LogP contribution in [0.4, 0.5) is 5.69 Å². The van der Waals surface area contributed by atoms with E-state index in [1.165, 1.54) is 7.11 Å². The van der Waals surface area contributed by atoms with Crippen molar-refractivity contribution in [3.8, 4) is 17.2 Å². The number of anilines is 1. The number of phenolic OH excluding ortho intramolecular Hbond substituents is 1. The van der Waals surface area contributed by atoms with E-state index in [0.717, 1.165) is 11.3 Å². The summed E-state index contributed by atoms with van der Waals surface area (Å²) in [6, 6.07) is 21.6. The largest absolute Gasteiger partial charge is 0.506 e. The van der Waals surface area contributed by atoms with E-state index >= 15 is 0 Å². The number of nitrogens with zero attached hydrogens (tertiary/aromatic N) is 2. The van der Waals surface area contributed by atoms with Gasteiger partial charge in [-0.1, -0.05) is 36.4 Å². The van der Waals surface area contributed by atoms with E-state index in [1.54, 1.807) is 36.4 Å². The van der Waals surface area contributed by atoms with Gasteiger partial charge in [-0.05, 0) is 42.0 Å². The van der Waals surface area contributed by atoms with Gasteiger partial charge in [0.1, 0.15) is 11.3 Å². The summed E-state index contributed by atoms with van der Waals surface area (Å²) in [6.07, 6.45) is 0.387. The first-order chi connectivity index (χ1) is 15.6. The number of fused-ring (bicyclic) bond motifs is 1. The lowest BCUT2D eigenvalue weighted by Gasteiger charge is -2.24. The highest BCUT2D eigenvalue weighted by molar-refractivity contribution is 6.08. The van der Waals surface area contributed by atoms with Crippen LogP contribution in [0, 0.1) is 0 Å². The molecule has 0 radical (unpaired) electrons. The average Bonchev–Trinajstić information content (AvgIpc) is 3.25. The number of aromatic nitrogens is 1. The van der Waals surface area contributed by atoms with Gasteiger partial charge < -0.3 is 19.9 Å². The number of rotatable bonds is 4. The minimum Gasteiger partial charge on any atom is -0.506 e. The molecule has 1 unspecified atom stereocenters. The fourth-order valence-electron chi connectivity index (χ4n) is 4.13. The van der Waals surface area contributed by atoms with Crippen molar-refractivity contribution in [1.29, 1.82) is 0 Å². The third kappa shape index (κ3) is 3.24. The van der Waals surface area contributed by atoms with Gasteiger partial charge in [0.25, 0.3) is 5.56 Å². The number of H-pyrrole nitrogens is 1. The van der Waals surface area contributed by atoms with Gasteiger partial charge in [-0.2, -0.15) is 5.10 Å². The molecule has 7 nitrogen and oxygen atoms in total. The smallest absolute Gasteiger partial charge is 0.261 e. The van der Waals surface area contributed by atoms with Crippen molar-refractivity contribution < 1.29 is 14.9 Å². The molecule has 3 aromatic carbocycles. The highest BCUT2D eigenvalue weighted by Crippen LogP contribution is 2.40. The molecule has 0 aliphatic carbocycles. The molecular weight excluding hydrogens is 406 g/mol. The van der Waals surface area contributed by atoms with E-state index in [1.807, 2.05) is 41.4 Å². The number of phenols is 1. The molecule has 7 heteroatoms. The Morgan fingerprint density at radius 1 is 1.03 bits per heavy atom. The Morgan fingerprint density at radius 2 is 1.78 bits per heavy atom. The zero-order valence-corrected chi connectivity index (χ0v) is 17.3. The molecule has 0 amide bonds. The van der Waals surface area contributed by atoms with Crippen LogP contribution < -0.4 is 15.3 Å². The van der Waals surface area contributed by atoms with Crippen LogP contribution in [0.2, 0.25) is 0 Å². The minimum atomic E-state index is -0.392. The monoisotopic (exact) mass is 427 g/mol. The lowest BCUT2D eigenvalue weighted by atomic mass is 9.97. The SMILES string of the molecule is COc1cc(C2CC(c3c(O)c4ccccc4[nH]c3=O)=NN2c2ccccc2)ccc1O. The van der Waals surface area contributed by atoms with Crippen LogP contribution in [-0.4, -0.2) is 28.0 Å². The van der Waals surface area contributed by atoms with E-state index in [-0.39, 0.29) is 23.1 Å². The lowest BCUT2D eigenvalue weighted by molar-refractivity contribution is 0.372. The predicted molar refractivity (Wildman–Crippen MR) is 124 cm³/mol. The molecule has 1 atom stereocenters. The van der Waals surface area contributed by atoms with Gasteiger partial charge in [0.2, 0.25) is 0 Å². The fraction of sp³-hybridized carbons (Fsp3) is 0.120. The van der Waals surface area contributed by atoms with Crippen LogP contribution in [0.1, 0.15) is 23.6 Å². The van der Waals surface area contributed by atoms with Crippen LogP contribution >= 0.6 is 0 Å². The second-order valence-corrected chi connectivity index (χ2v) is 7.60. The Labute approximate surface area is 183 Å². The number of nitrogens with one attached hydrogen (secondary N) is 1. The van der Waals surface area contributed by atoms with Crippen molar-refractivity contribution in [3.05, 3.63) is 94.3 Å². The van der Waals surface area contributed by atoms with Crippen LogP contribution in [0.15, 0.2) is 82.7 Å². The van der Waals surface area contributed by atoms with Crippen LogP contribution in [0.25, 0.3) is 10.9 Å². The molecule has 1 aliphatic heterocycles. The summed E-state index contributed by atoms with van der Waals surface area (Å²) in [5.74, 6) is 0.320. The molecule has 1 aromatic heterocycles. The van der Waals surface area contributed by atoms with Gasteiger partial charge in [-0.15, -0.1) is 0 Å². The van der Waals surface area contributed by atoms with Crippen molar-refractivity contribution in [3.63, 3.8) is 0 Å². The lowest BCUT2D eigenvalue weighted by Crippen LogP contribution is -2.19. The maximum atomic E-state index is 12.9. The molecule has 1 aliphatic rings. The maximum Gasteiger partial charge on any atom is 0.261 e. The number of pyridine rings is 1. The number of hydrazone groups is 1. The predicted octanol–water partition coefficient (Wildman–Crippen LogP) is 4.30. The normalized spacial score (nSPS) is 15.7. The summed E-state index contributed by atoms with van der Waals surface area (Å²) < 4.78 is 5.28. The molecule has 4 aromatic rings. The Bertz CT molecular complexity index is 1400. The molecule has 3 N–H and O–H groups in total. The first-order valence-electron chi connectivity index (χ1n) is 10.2. The van der Waals surface area contributed by atoms with Gasteiger partial charge in [0.15, 0.2) is 11.5 Å². The summed E-state index contributed by atoms with van der Waals surface area (Å²) >= 11 is 0. The zero-order valence-electron chi connectivity index (χ0n) is 17.3. The summed E-state index contributed by atoms with van der Waals surface area (Å²) in [7, 11) is 1.50. The third-order valence-electron chi connectivity index (χ3n) is 5.70. The second-order valence-electron chi connectivity index (χ2n) is 7.60. The quantitative estimate of drug-likeness (QED) is 0.451. The first kappa shape index (κ1) is 19.7. The third-order valence-corrected chi connectivity index (χ3v) is 5.70. The van der Waals surface area contributed by atoms with Crippen molar-refractivity contribution in [2.45, 2.75) is 12.5 Å². The highest BCUT2D eigenvalue weighted by atomic mass is 16.5. The highest BCUT2D eigenvalue weighted by Gasteiger charge is 2.33. The number of para-hydroxylation sites is 2. The number of aromatic amines is 1. The van der Waals surface area contributed by atoms with Gasteiger partial charge >= 0.3 is 0 Å². The zero-order chi connectivity index (χ0) is 22.2. The van der Waals surface area contributed by atoms with E-state index < -0.39 is 5.56 Å². The number of hydrogen-bond donors (Lipinski definition) is 3. The van der Waals surface area contributed by atoms with Crippen molar-refractivity contribution in [2.24, 2.45) is 5.10 Å². The van der Waals surface area contributed by atoms with Gasteiger partial charge in [0, 0.05) is 11.8 Å². The molecule has 160 valence electrons. The standard InChI is InChI=1S/C25H21N3O4/c1-32-22-13-15(11-12-21(22)29)20-14-19(27-28(20)16-7-3-2-4-8-16)23-24(30)17-9-5-6-10-18(17)26-25(23)31/h2-13,20,29H,14H2,1H3,(H2,26,30,31). The van der Waals surface area contributed by atoms with Crippen LogP contribution in [-0.2, 0) is 0 Å². The molecule has 0 bridgehead atoms. The van der Waals surface area contributed by atoms with Crippen LogP contribution in [0.5, 0.6) is 17.2 Å². The van der Waals surface area contributed by atoms with E-state index in [9.17, 15) is 15.0 Å². The van der Waals surface area contributed by atoms with Gasteiger partial charge in [-0.3, -0.25) is 9.80 Å². The Morgan fingerprint density at radius 3 is 2.56 bits per heavy atom. The molecule has 32 heavy (non-hydrogen) atoms. The van der Waals surface area contributed by atoms with Crippen molar-refractivity contribution in [1.82, 2.24) is 4.98 Å². The second kappa shape index (κ2) is 7.77. The molecule has 0 fully saturated rings. The summed E-state index contributed by atoms with van der Waals surface area (Å²) in [5.41, 5.74) is 2.53. The number of benzene rings is 3. The number of ether oxygens (including phenoxy) is 1. The van der Waals surface area contributed by atoms with Crippen molar-refractivity contribution in [2.75, 3.05) is 12.1 Å². The van der Waals surface area contributed by atoms with Gasteiger partial charge in [0.05, 0.1) is 30.1 Å². The van der Waals surface area contributed by atoms with E-state index in [2.05, 4.69) is 4.98 Å². The maximum absolute atomic E-state index is 12.9. The molecule has 2 heterocycles. The van der Waals surface area contributed by atoms with E-state index in [0.29, 0.717) is 28.8 Å². The Hall–Kier alpha value is -4.26. The number of methoxy groups -OCH3 is 1. The van der Waals surface area contributed by atoms with Gasteiger partial charge in [-0.25, -0.2) is 0 Å². The molecule has 5 rings (SSSR count). The summed E-state index contributed by atoms with van der Waals surface area (Å²) in [4.78, 5) is 15.7. The summed E-state index contributed by atoms with van der Waals surface area (Å²) in [5, 5.41) is 28.1. The van der Waals surface area contributed by atoms with E-state index in [4.69, 9.17) is 9.84 Å². The first-order valence-corrected chi connectivity index (χ1v) is 10.2. The van der Waals surface area contributed by atoms with Crippen LogP contribution in [0.3, 0.4) is 0 Å². The minimum absolute atomic E-state index is 0.0465. The topological polar surface area (TPSA) is 98.2 Å². The van der Waals surface area contributed by atoms with Crippen molar-refractivity contribution >= 4 is 22.3 Å². The molecule has 0 saturated heterocycles. The Balaban J connectivity index is 1.65. The molecule has 0 saturated carbocycles. The molecule has 0 spiro atoms. The number of aromatic hydroxyl groups is 2. The fourth-order valence-corrected chi connectivity index (χ4v) is 4.13. The number of hydrogen-bond acceptors (Lipinski definition) is 6. The molecular formula is C25H21N3O4. The Kier molecular flexibility index (Phi) is 4.78. The average molecular weight is 427 g/mol. The summed E-state index contributed by atoms with van der Waals surface area (Å²) in [6.45, 7) is 0.